The van der Waals surface area contributed by atoms with E-state index >= 15 is 0 Å². The quantitative estimate of drug-likeness (QED) is 0.340. The van der Waals surface area contributed by atoms with Crippen molar-refractivity contribution in [1.29, 1.82) is 0 Å². The Hall–Kier alpha value is 0.384. The summed E-state index contributed by atoms with van der Waals surface area (Å²) < 4.78 is 0. The van der Waals surface area contributed by atoms with Crippen LogP contribution in [-0.4, -0.2) is 16.4 Å². The second kappa shape index (κ2) is 700. The van der Waals surface area contributed by atoms with E-state index in [0.717, 1.165) is 0 Å². The summed E-state index contributed by atoms with van der Waals surface area (Å²) in [4.78, 5) is 0. The van der Waals surface area contributed by atoms with Gasteiger partial charge in [-0.15, -0.1) is 0 Å². The van der Waals surface area contributed by atoms with E-state index in [1.807, 2.05) is 0 Å². The van der Waals surface area contributed by atoms with Crippen molar-refractivity contribution in [1.82, 2.24) is 0 Å². The molecule has 5 nitrogen and oxygen atoms in total. The van der Waals surface area contributed by atoms with E-state index in [1.165, 1.54) is 0 Å². The van der Waals surface area contributed by atoms with Gasteiger partial charge in [0.1, 0.15) is 0 Å². The molecule has 0 unspecified atom stereocenters. The smallest absolute Gasteiger partial charge is 2.00 e. The van der Waals surface area contributed by atoms with Crippen LogP contribution < -0.4 is 0 Å². The maximum Gasteiger partial charge on any atom is 4.00 e. The Morgan fingerprint density at radius 1 is 0.500 bits per heavy atom. The monoisotopic (exact) mass is 137 g/mol. The molecule has 6 heteroatoms. The molecule has 1 radical (unpaired) electrons. The third-order valence-electron chi connectivity index (χ3n) is 0. The van der Waals surface area contributed by atoms with Gasteiger partial charge >= 0.3 is 18.6 Å². The molecule has 41 valence electrons. The van der Waals surface area contributed by atoms with E-state index in [4.69, 9.17) is 0 Å². The first-order valence-electron chi connectivity index (χ1n) is 0. The molecule has 0 fully saturated rings. The Labute approximate surface area is 46.8 Å². The minimum absolute atomic E-state index is 0. The Kier molecular flexibility index (Phi) is 146000. The molecule has 0 amide bonds. The van der Waals surface area contributed by atoms with Crippen molar-refractivity contribution >= 4 is 0 Å². The molecule has 6 heavy (non-hydrogen) atoms. The summed E-state index contributed by atoms with van der Waals surface area (Å²) in [5, 5.41) is 0. The fraction of sp³-hybridized carbons (Fsp3) is 0. The number of hydrogen-bond acceptors (Lipinski definition) is 0. The molecule has 0 aromatic carbocycles. The molecular weight excluding hydrogens is 131 g/mol. The number of rotatable bonds is 0. The fourth-order valence-corrected chi connectivity index (χ4v) is 0. The second-order valence-corrected chi connectivity index (χ2v) is 0. The molecule has 0 bridgehead atoms. The molecule has 0 spiro atoms. The molecule has 0 atom stereocenters. The van der Waals surface area contributed by atoms with E-state index < -0.39 is 0 Å². The summed E-state index contributed by atoms with van der Waals surface area (Å²) in [5.74, 6) is 0. The largest absolute Gasteiger partial charge is 4.00 e. The van der Waals surface area contributed by atoms with Crippen LogP contribution in [0.15, 0.2) is 0 Å². The van der Waals surface area contributed by atoms with Gasteiger partial charge in [0.05, 0.1) is 0 Å². The third-order valence-corrected chi connectivity index (χ3v) is 0. The van der Waals surface area contributed by atoms with Crippen LogP contribution in [0.5, 0.6) is 0 Å². The maximum absolute atomic E-state index is 0. The van der Waals surface area contributed by atoms with E-state index in [0.29, 0.717) is 0 Å². The zero-order valence-electron chi connectivity index (χ0n) is 2.76. The zero-order chi connectivity index (χ0) is 0. The summed E-state index contributed by atoms with van der Waals surface area (Å²) in [6.45, 7) is 0. The van der Waals surface area contributed by atoms with Crippen LogP contribution in [0.3, 0.4) is 0 Å². The first kappa shape index (κ1) is 1250. The van der Waals surface area contributed by atoms with Gasteiger partial charge in [0.25, 0.3) is 0 Å². The summed E-state index contributed by atoms with van der Waals surface area (Å²) in [6.07, 6.45) is 0. The molecule has 0 aliphatic carbocycles. The molecule has 0 saturated carbocycles. The molecule has 0 heterocycles. The average molecular weight is 137 g/mol. The first-order chi connectivity index (χ1) is 0. The predicted molar refractivity (Wildman–Crippen MR) is 12.2 cm³/mol. The maximum atomic E-state index is 0. The Morgan fingerprint density at radius 3 is 0.500 bits per heavy atom. The van der Waals surface area contributed by atoms with E-state index in [1.54, 1.807) is 0 Å². The SMILES string of the molecule is O.O.O.[O-2].[O-2].[V+4]. The van der Waals surface area contributed by atoms with Crippen molar-refractivity contribution in [2.24, 2.45) is 0 Å². The Bertz CT molecular complexity index is 3.90. The van der Waals surface area contributed by atoms with Crippen LogP contribution in [0.25, 0.3) is 0 Å². The van der Waals surface area contributed by atoms with E-state index in [2.05, 4.69) is 0 Å². The summed E-state index contributed by atoms with van der Waals surface area (Å²) in [5.41, 5.74) is 0. The molecule has 0 aromatic heterocycles. The summed E-state index contributed by atoms with van der Waals surface area (Å²) in [6, 6.07) is 0. The Morgan fingerprint density at radius 2 is 0.500 bits per heavy atom. The third kappa shape index (κ3) is 340. The standard InChI is InChI=1S/3H2O.2O.V/h3*1H2;;;/q;;;2*-2;+4. The summed E-state index contributed by atoms with van der Waals surface area (Å²) >= 11 is 0. The van der Waals surface area contributed by atoms with Crippen molar-refractivity contribution in [3.63, 3.8) is 0 Å². The predicted octanol–water partition coefficient (Wildman–Crippen LogP) is -2.71. The van der Waals surface area contributed by atoms with Crippen LogP contribution >= 0.6 is 0 Å². The van der Waals surface area contributed by atoms with E-state index in [-0.39, 0.29) is 45.9 Å². The van der Waals surface area contributed by atoms with Gasteiger partial charge in [-0.1, -0.05) is 0 Å². The van der Waals surface area contributed by atoms with Crippen molar-refractivity contribution in [3.8, 4) is 0 Å². The molecule has 0 rings (SSSR count). The molecule has 0 saturated heterocycles. The number of hydrogen-bond donors (Lipinski definition) is 0. The van der Waals surface area contributed by atoms with Gasteiger partial charge in [0.15, 0.2) is 0 Å². The normalized spacial score (nSPS) is 0. The molecule has 0 aliphatic heterocycles. The fourth-order valence-electron chi connectivity index (χ4n) is 0. The van der Waals surface area contributed by atoms with Crippen molar-refractivity contribution in [2.75, 3.05) is 0 Å². The molecule has 0 aromatic rings. The van der Waals surface area contributed by atoms with Crippen LogP contribution in [0.1, 0.15) is 0 Å². The van der Waals surface area contributed by atoms with Gasteiger partial charge < -0.3 is 27.4 Å². The first-order valence-corrected chi connectivity index (χ1v) is 0. The summed E-state index contributed by atoms with van der Waals surface area (Å²) in [7, 11) is 0. The van der Waals surface area contributed by atoms with Gasteiger partial charge in [0.2, 0.25) is 0 Å². The minimum Gasteiger partial charge on any atom is -2.00 e. The van der Waals surface area contributed by atoms with Crippen molar-refractivity contribution in [3.05, 3.63) is 0 Å². The van der Waals surface area contributed by atoms with Gasteiger partial charge in [-0.05, 0) is 0 Å². The molecule has 0 aliphatic rings. The molecule has 6 N–H and O–H groups in total. The van der Waals surface area contributed by atoms with Gasteiger partial charge in [-0.3, -0.25) is 0 Å². The topological polar surface area (TPSA) is 152 Å². The van der Waals surface area contributed by atoms with Crippen molar-refractivity contribution < 1.29 is 45.9 Å². The van der Waals surface area contributed by atoms with Gasteiger partial charge in [-0.25, -0.2) is 0 Å². The van der Waals surface area contributed by atoms with Crippen LogP contribution in [0.2, 0.25) is 0 Å². The average Bonchev–Trinajstić information content (AvgIpc) is 0. The van der Waals surface area contributed by atoms with Gasteiger partial charge in [0, 0.05) is 0 Å². The van der Waals surface area contributed by atoms with Gasteiger partial charge in [-0.2, -0.15) is 0 Å². The zero-order valence-corrected chi connectivity index (χ0v) is 4.16. The van der Waals surface area contributed by atoms with Crippen LogP contribution in [0.4, 0.5) is 0 Å². The van der Waals surface area contributed by atoms with E-state index in [9.17, 15) is 0 Å². The van der Waals surface area contributed by atoms with Crippen molar-refractivity contribution in [2.45, 2.75) is 0 Å². The Balaban J connectivity index is 0. The second-order valence-electron chi connectivity index (χ2n) is 0. The van der Waals surface area contributed by atoms with Crippen LogP contribution in [0, 0.1) is 0 Å². The molecular formula is H6O5V. The minimum atomic E-state index is 0. The van der Waals surface area contributed by atoms with Crippen LogP contribution in [-0.2, 0) is 29.5 Å².